The molecule has 0 spiro atoms. The summed E-state index contributed by atoms with van der Waals surface area (Å²) in [5.74, 6) is 2.75. The van der Waals surface area contributed by atoms with Gasteiger partial charge in [0.1, 0.15) is 5.82 Å². The molecule has 25 heavy (non-hydrogen) atoms. The molecular weight excluding hydrogens is 321 g/mol. The highest BCUT2D eigenvalue weighted by atomic mass is 19.3. The molecule has 0 unspecified atom stereocenters. The fourth-order valence-electron chi connectivity index (χ4n) is 4.98. The molecule has 0 nitrogen and oxygen atoms in total. The van der Waals surface area contributed by atoms with Crippen LogP contribution in [-0.4, -0.2) is 0 Å². The largest absolute Gasteiger partial charge is 0.266 e. The molecule has 0 N–H and O–H groups in total. The summed E-state index contributed by atoms with van der Waals surface area (Å²) in [5.41, 5.74) is 0.372. The number of benzene rings is 1. The lowest BCUT2D eigenvalue weighted by Gasteiger charge is -2.37. The number of alkyl halides is 2. The van der Waals surface area contributed by atoms with Crippen molar-refractivity contribution in [2.45, 2.75) is 77.6 Å². The minimum Gasteiger partial charge on any atom is -0.206 e. The third-order valence-corrected chi connectivity index (χ3v) is 6.76. The van der Waals surface area contributed by atoms with Crippen LogP contribution in [0.4, 0.5) is 13.2 Å². The summed E-state index contributed by atoms with van der Waals surface area (Å²) >= 11 is 0. The van der Waals surface area contributed by atoms with Gasteiger partial charge >= 0.3 is 0 Å². The topological polar surface area (TPSA) is 0 Å². The Bertz CT molecular complexity index is 538. The van der Waals surface area contributed by atoms with Crippen molar-refractivity contribution in [1.82, 2.24) is 0 Å². The van der Waals surface area contributed by atoms with Crippen LogP contribution in [0.3, 0.4) is 0 Å². The van der Waals surface area contributed by atoms with Crippen LogP contribution in [0.1, 0.15) is 82.3 Å². The van der Waals surface area contributed by atoms with Crippen molar-refractivity contribution in [3.05, 3.63) is 35.1 Å². The summed E-state index contributed by atoms with van der Waals surface area (Å²) in [6.45, 7) is 2.38. The first-order valence-corrected chi connectivity index (χ1v) is 10.1. The number of rotatable bonds is 5. The van der Waals surface area contributed by atoms with E-state index in [1.807, 2.05) is 0 Å². The van der Waals surface area contributed by atoms with Crippen LogP contribution < -0.4 is 0 Å². The maximum atomic E-state index is 13.7. The molecular formula is C22H31F3. The van der Waals surface area contributed by atoms with Gasteiger partial charge in [-0.3, -0.25) is 0 Å². The van der Waals surface area contributed by atoms with Crippen LogP contribution in [-0.2, 0) is 6.42 Å². The fourth-order valence-corrected chi connectivity index (χ4v) is 4.98. The van der Waals surface area contributed by atoms with Crippen LogP contribution in [0.25, 0.3) is 0 Å². The zero-order valence-electron chi connectivity index (χ0n) is 15.3. The van der Waals surface area contributed by atoms with E-state index in [9.17, 15) is 13.2 Å². The van der Waals surface area contributed by atoms with Gasteiger partial charge < -0.3 is 0 Å². The lowest BCUT2D eigenvalue weighted by Crippen LogP contribution is -2.25. The van der Waals surface area contributed by atoms with E-state index in [0.29, 0.717) is 0 Å². The Morgan fingerprint density at radius 2 is 1.52 bits per heavy atom. The van der Waals surface area contributed by atoms with E-state index in [2.05, 4.69) is 6.92 Å². The normalized spacial score (nSPS) is 30.6. The molecule has 1 aromatic carbocycles. The maximum absolute atomic E-state index is 13.7. The van der Waals surface area contributed by atoms with Crippen molar-refractivity contribution in [2.75, 3.05) is 0 Å². The average molecular weight is 352 g/mol. The van der Waals surface area contributed by atoms with E-state index < -0.39 is 17.8 Å². The third kappa shape index (κ3) is 5.01. The van der Waals surface area contributed by atoms with Crippen LogP contribution >= 0.6 is 0 Å². The number of halogens is 3. The Morgan fingerprint density at radius 1 is 0.920 bits per heavy atom. The second-order valence-corrected chi connectivity index (χ2v) is 8.50. The van der Waals surface area contributed by atoms with E-state index in [1.54, 1.807) is 6.07 Å². The minimum atomic E-state index is -2.73. The fraction of sp³-hybridized carbons (Fsp3) is 0.727. The van der Waals surface area contributed by atoms with E-state index in [1.165, 1.54) is 63.5 Å². The zero-order chi connectivity index (χ0) is 17.8. The average Bonchev–Trinajstić information content (AvgIpc) is 2.61. The molecule has 2 aliphatic carbocycles. The molecule has 0 radical (unpaired) electrons. The summed E-state index contributed by atoms with van der Waals surface area (Å²) in [7, 11) is 0. The van der Waals surface area contributed by atoms with E-state index >= 15 is 0 Å². The number of aryl methyl sites for hydroxylation is 1. The van der Waals surface area contributed by atoms with Gasteiger partial charge in [-0.2, -0.15) is 0 Å². The molecule has 3 rings (SSSR count). The molecule has 0 aliphatic heterocycles. The van der Waals surface area contributed by atoms with Crippen molar-refractivity contribution < 1.29 is 13.2 Å². The second-order valence-electron chi connectivity index (χ2n) is 8.50. The predicted octanol–water partition coefficient (Wildman–Crippen LogP) is 7.33. The first-order chi connectivity index (χ1) is 12.0. The highest BCUT2D eigenvalue weighted by molar-refractivity contribution is 5.25. The smallest absolute Gasteiger partial charge is 0.206 e. The predicted molar refractivity (Wildman–Crippen MR) is 96.2 cm³/mol. The Balaban J connectivity index is 1.43. The Morgan fingerprint density at radius 3 is 2.08 bits per heavy atom. The molecule has 0 aromatic heterocycles. The highest BCUT2D eigenvalue weighted by Gasteiger charge is 2.29. The third-order valence-electron chi connectivity index (χ3n) is 6.76. The standard InChI is InChI=1S/C22H31F3/c1-15-2-9-18(10-3-15)19-11-6-16(7-12-19)4-5-17-8-13-20(22(24)25)21(23)14-17/h8,13-16,18-19,22H,2-7,9-12H2,1H3. The van der Waals surface area contributed by atoms with Crippen molar-refractivity contribution in [1.29, 1.82) is 0 Å². The summed E-state index contributed by atoms with van der Waals surface area (Å²) in [6, 6.07) is 4.21. The SMILES string of the molecule is CC1CCC(C2CCC(CCc3ccc(C(F)F)c(F)c3)CC2)CC1. The summed E-state index contributed by atoms with van der Waals surface area (Å²) in [5, 5.41) is 0. The summed E-state index contributed by atoms with van der Waals surface area (Å²) < 4.78 is 38.9. The summed E-state index contributed by atoms with van der Waals surface area (Å²) in [4.78, 5) is 0. The van der Waals surface area contributed by atoms with Gasteiger partial charge in [-0.25, -0.2) is 13.2 Å². The van der Waals surface area contributed by atoms with Crippen molar-refractivity contribution in [3.8, 4) is 0 Å². The van der Waals surface area contributed by atoms with Crippen molar-refractivity contribution in [3.63, 3.8) is 0 Å². The minimum absolute atomic E-state index is 0.481. The quantitative estimate of drug-likeness (QED) is 0.520. The van der Waals surface area contributed by atoms with Crippen molar-refractivity contribution >= 4 is 0 Å². The molecule has 0 bridgehead atoms. The van der Waals surface area contributed by atoms with Crippen LogP contribution in [0.5, 0.6) is 0 Å². The summed E-state index contributed by atoms with van der Waals surface area (Å²) in [6.07, 6.45) is 10.1. The maximum Gasteiger partial charge on any atom is 0.266 e. The van der Waals surface area contributed by atoms with Gasteiger partial charge in [0.05, 0.1) is 5.56 Å². The molecule has 2 aliphatic rings. The Kier molecular flexibility index (Phi) is 6.46. The molecule has 2 saturated carbocycles. The van der Waals surface area contributed by atoms with E-state index in [4.69, 9.17) is 0 Å². The van der Waals surface area contributed by atoms with Gasteiger partial charge in [0.25, 0.3) is 6.43 Å². The lowest BCUT2D eigenvalue weighted by molar-refractivity contribution is 0.146. The molecule has 0 saturated heterocycles. The van der Waals surface area contributed by atoms with Crippen LogP contribution in [0.15, 0.2) is 18.2 Å². The Labute approximate surface area is 150 Å². The molecule has 140 valence electrons. The molecule has 0 atom stereocenters. The first kappa shape index (κ1) is 18.8. The van der Waals surface area contributed by atoms with Gasteiger partial charge in [-0.05, 0) is 73.8 Å². The van der Waals surface area contributed by atoms with E-state index in [0.717, 1.165) is 42.1 Å². The van der Waals surface area contributed by atoms with Crippen LogP contribution in [0, 0.1) is 29.5 Å². The van der Waals surface area contributed by atoms with Gasteiger partial charge in [-0.15, -0.1) is 0 Å². The number of hydrogen-bond acceptors (Lipinski definition) is 0. The zero-order valence-corrected chi connectivity index (χ0v) is 15.3. The molecule has 0 amide bonds. The monoisotopic (exact) mass is 352 g/mol. The van der Waals surface area contributed by atoms with Crippen molar-refractivity contribution in [2.24, 2.45) is 23.7 Å². The van der Waals surface area contributed by atoms with Gasteiger partial charge in [0.15, 0.2) is 0 Å². The first-order valence-electron chi connectivity index (χ1n) is 10.1. The Hall–Kier alpha value is -0.990. The van der Waals surface area contributed by atoms with Gasteiger partial charge in [0.2, 0.25) is 0 Å². The highest BCUT2D eigenvalue weighted by Crippen LogP contribution is 2.42. The second kappa shape index (κ2) is 8.60. The molecule has 3 heteroatoms. The van der Waals surface area contributed by atoms with Crippen LogP contribution in [0.2, 0.25) is 0 Å². The van der Waals surface area contributed by atoms with Gasteiger partial charge in [0, 0.05) is 0 Å². The lowest BCUT2D eigenvalue weighted by atomic mass is 9.69. The molecule has 0 heterocycles. The molecule has 2 fully saturated rings. The van der Waals surface area contributed by atoms with E-state index in [-0.39, 0.29) is 0 Å². The number of hydrogen-bond donors (Lipinski definition) is 0. The molecule has 1 aromatic rings. The van der Waals surface area contributed by atoms with Gasteiger partial charge in [-0.1, -0.05) is 44.7 Å².